The van der Waals surface area contributed by atoms with E-state index in [4.69, 9.17) is 14.2 Å². The average molecular weight is 445 g/mol. The Hall–Kier alpha value is -2.87. The molecule has 2 heterocycles. The summed E-state index contributed by atoms with van der Waals surface area (Å²) in [6.07, 6.45) is 3.75. The van der Waals surface area contributed by atoms with E-state index in [2.05, 4.69) is 13.8 Å². The van der Waals surface area contributed by atoms with Crippen LogP contribution in [-0.4, -0.2) is 43.1 Å². The van der Waals surface area contributed by atoms with Crippen molar-refractivity contribution in [3.63, 3.8) is 0 Å². The number of carbonyl (C=O) groups is 1. The lowest BCUT2D eigenvalue weighted by Gasteiger charge is -2.40. The number of hydrogen-bond donors (Lipinski definition) is 1. The molecule has 0 bridgehead atoms. The van der Waals surface area contributed by atoms with Gasteiger partial charge in [0.15, 0.2) is 17.3 Å². The zero-order valence-electron chi connectivity index (χ0n) is 18.7. The van der Waals surface area contributed by atoms with Crippen LogP contribution in [-0.2, 0) is 4.74 Å². The van der Waals surface area contributed by atoms with E-state index in [1.54, 1.807) is 17.7 Å². The summed E-state index contributed by atoms with van der Waals surface area (Å²) in [7, 11) is 3.14. The molecular formula is C24H28FNO6. The monoisotopic (exact) mass is 445 g/mol. The fourth-order valence-corrected chi connectivity index (χ4v) is 5.25. The molecule has 7 nitrogen and oxygen atoms in total. The third kappa shape index (κ3) is 3.46. The predicted molar refractivity (Wildman–Crippen MR) is 116 cm³/mol. The number of aromatic carboxylic acids is 1. The molecule has 1 aromatic carbocycles. The number of ether oxygens (including phenoxy) is 3. The predicted octanol–water partition coefficient (Wildman–Crippen LogP) is 4.23. The molecule has 4 rings (SSSR count). The number of benzene rings is 1. The van der Waals surface area contributed by atoms with Crippen LogP contribution in [0.5, 0.6) is 11.5 Å². The molecule has 172 valence electrons. The van der Waals surface area contributed by atoms with Crippen molar-refractivity contribution in [2.45, 2.75) is 45.1 Å². The van der Waals surface area contributed by atoms with E-state index in [-0.39, 0.29) is 23.1 Å². The number of hydrogen-bond acceptors (Lipinski definition) is 5. The molecule has 1 fully saturated rings. The summed E-state index contributed by atoms with van der Waals surface area (Å²) in [6, 6.07) is 3.39. The van der Waals surface area contributed by atoms with E-state index in [9.17, 15) is 14.7 Å². The highest BCUT2D eigenvalue weighted by molar-refractivity contribution is 5.88. The van der Waals surface area contributed by atoms with E-state index in [0.29, 0.717) is 36.7 Å². The normalized spacial score (nSPS) is 20.3. The molecule has 0 radical (unpaired) electrons. The van der Waals surface area contributed by atoms with Crippen LogP contribution in [0.25, 0.3) is 11.3 Å². The second-order valence-corrected chi connectivity index (χ2v) is 9.11. The average Bonchev–Trinajstić information content (AvgIpc) is 3.08. The molecule has 2 atom stereocenters. The zero-order valence-corrected chi connectivity index (χ0v) is 18.7. The molecule has 1 aromatic heterocycles. The lowest BCUT2D eigenvalue weighted by Crippen LogP contribution is -2.34. The van der Waals surface area contributed by atoms with Gasteiger partial charge in [0.1, 0.15) is 5.56 Å². The molecule has 1 aliphatic carbocycles. The lowest BCUT2D eigenvalue weighted by molar-refractivity contribution is 0.0692. The molecule has 1 aliphatic heterocycles. The Morgan fingerprint density at radius 3 is 2.66 bits per heavy atom. The van der Waals surface area contributed by atoms with Crippen molar-refractivity contribution in [3.8, 4) is 22.8 Å². The van der Waals surface area contributed by atoms with Gasteiger partial charge >= 0.3 is 5.97 Å². The van der Waals surface area contributed by atoms with Gasteiger partial charge in [0.2, 0.25) is 5.43 Å². The number of nitrogens with zero attached hydrogens (tertiary/aromatic N) is 1. The summed E-state index contributed by atoms with van der Waals surface area (Å²) >= 11 is 0. The SMILES string of the molecule is COCCCOc1cc2c(cc1OC)-c1c(F)c(=O)c(C(=O)O)cn1[C@H]1C2CCC1(C)C. The van der Waals surface area contributed by atoms with Crippen molar-refractivity contribution in [2.24, 2.45) is 5.41 Å². The van der Waals surface area contributed by atoms with Crippen LogP contribution in [0.1, 0.15) is 61.0 Å². The Bertz CT molecular complexity index is 1120. The van der Waals surface area contributed by atoms with Crippen molar-refractivity contribution in [1.82, 2.24) is 4.57 Å². The van der Waals surface area contributed by atoms with Crippen LogP contribution in [0.2, 0.25) is 0 Å². The van der Waals surface area contributed by atoms with Crippen molar-refractivity contribution >= 4 is 5.97 Å². The third-order valence-corrected chi connectivity index (χ3v) is 6.73. The third-order valence-electron chi connectivity index (χ3n) is 6.73. The Kier molecular flexibility index (Phi) is 5.75. The number of halogens is 1. The summed E-state index contributed by atoms with van der Waals surface area (Å²) < 4.78 is 33.6. The molecule has 32 heavy (non-hydrogen) atoms. The topological polar surface area (TPSA) is 87.0 Å². The van der Waals surface area contributed by atoms with Crippen molar-refractivity contribution in [2.75, 3.05) is 27.4 Å². The standard InChI is InChI=1S/C24H28FNO6/c1-24(2)7-6-13-14-10-18(32-9-5-8-30-3)17(31-4)11-15(14)20-19(25)21(27)16(23(28)29)12-26(20)22(13)24/h10-13,22H,5-9H2,1-4H3,(H,28,29)/t13?,22-/m0/s1. The molecule has 1 saturated carbocycles. The smallest absolute Gasteiger partial charge is 0.341 e. The second-order valence-electron chi connectivity index (χ2n) is 9.11. The Balaban J connectivity index is 1.94. The second kappa shape index (κ2) is 8.24. The largest absolute Gasteiger partial charge is 0.493 e. The van der Waals surface area contributed by atoms with Crippen LogP contribution in [0.3, 0.4) is 0 Å². The minimum absolute atomic E-state index is 0.0308. The first-order chi connectivity index (χ1) is 15.2. The van der Waals surface area contributed by atoms with E-state index in [0.717, 1.165) is 18.4 Å². The van der Waals surface area contributed by atoms with Gasteiger partial charge in [-0.3, -0.25) is 4.79 Å². The Labute approximate surface area is 185 Å². The van der Waals surface area contributed by atoms with Gasteiger partial charge in [-0.2, -0.15) is 0 Å². The van der Waals surface area contributed by atoms with E-state index >= 15 is 4.39 Å². The van der Waals surface area contributed by atoms with Gasteiger partial charge in [-0.05, 0) is 36.0 Å². The van der Waals surface area contributed by atoms with E-state index in [1.807, 2.05) is 6.07 Å². The van der Waals surface area contributed by atoms with Gasteiger partial charge < -0.3 is 23.9 Å². The number of carboxylic acid groups (broad SMARTS) is 1. The molecule has 1 unspecified atom stereocenters. The molecule has 0 amide bonds. The van der Waals surface area contributed by atoms with Gasteiger partial charge in [0.05, 0.1) is 19.4 Å². The number of fused-ring (bicyclic) bond motifs is 6. The van der Waals surface area contributed by atoms with Crippen molar-refractivity contribution in [3.05, 3.63) is 45.5 Å². The highest BCUT2D eigenvalue weighted by atomic mass is 19.1. The maximum atomic E-state index is 15.4. The van der Waals surface area contributed by atoms with Gasteiger partial charge in [-0.25, -0.2) is 9.18 Å². The molecular weight excluding hydrogens is 417 g/mol. The van der Waals surface area contributed by atoms with Crippen LogP contribution >= 0.6 is 0 Å². The van der Waals surface area contributed by atoms with Gasteiger partial charge in [0.25, 0.3) is 0 Å². The van der Waals surface area contributed by atoms with Crippen molar-refractivity contribution in [1.29, 1.82) is 0 Å². The quantitative estimate of drug-likeness (QED) is 0.642. The minimum Gasteiger partial charge on any atom is -0.493 e. The minimum atomic E-state index is -1.43. The number of methoxy groups -OCH3 is 2. The van der Waals surface area contributed by atoms with Crippen LogP contribution < -0.4 is 14.9 Å². The highest BCUT2D eigenvalue weighted by Crippen LogP contribution is 2.60. The molecule has 2 aromatic rings. The zero-order chi connectivity index (χ0) is 23.2. The molecule has 1 N–H and O–H groups in total. The van der Waals surface area contributed by atoms with Gasteiger partial charge in [-0.1, -0.05) is 13.8 Å². The van der Waals surface area contributed by atoms with Crippen molar-refractivity contribution < 1.29 is 28.5 Å². The van der Waals surface area contributed by atoms with Crippen LogP contribution in [0.15, 0.2) is 23.1 Å². The first-order valence-corrected chi connectivity index (χ1v) is 10.7. The number of rotatable bonds is 7. The maximum absolute atomic E-state index is 15.4. The first-order valence-electron chi connectivity index (χ1n) is 10.7. The Morgan fingerprint density at radius 1 is 1.25 bits per heavy atom. The number of pyridine rings is 1. The number of aromatic nitrogens is 1. The van der Waals surface area contributed by atoms with E-state index in [1.165, 1.54) is 13.3 Å². The maximum Gasteiger partial charge on any atom is 0.341 e. The molecule has 8 heteroatoms. The van der Waals surface area contributed by atoms with E-state index < -0.39 is 22.8 Å². The molecule has 0 spiro atoms. The fourth-order valence-electron chi connectivity index (χ4n) is 5.25. The lowest BCUT2D eigenvalue weighted by atomic mass is 9.77. The highest BCUT2D eigenvalue weighted by Gasteiger charge is 2.48. The summed E-state index contributed by atoms with van der Waals surface area (Å²) in [5.74, 6) is -1.46. The molecule has 0 saturated heterocycles. The first kappa shape index (κ1) is 22.3. The van der Waals surface area contributed by atoms with Crippen LogP contribution in [0.4, 0.5) is 4.39 Å². The Morgan fingerprint density at radius 2 is 2.00 bits per heavy atom. The van der Waals surface area contributed by atoms with Gasteiger partial charge in [-0.15, -0.1) is 0 Å². The van der Waals surface area contributed by atoms with Gasteiger partial charge in [0, 0.05) is 43.9 Å². The summed E-state index contributed by atoms with van der Waals surface area (Å²) in [5, 5.41) is 9.47. The summed E-state index contributed by atoms with van der Waals surface area (Å²) in [6.45, 7) is 5.19. The number of carboxylic acids is 1. The summed E-state index contributed by atoms with van der Waals surface area (Å²) in [5.41, 5.74) is -0.339. The summed E-state index contributed by atoms with van der Waals surface area (Å²) in [4.78, 5) is 24.2. The fraction of sp³-hybridized carbons (Fsp3) is 0.500. The van der Waals surface area contributed by atoms with Crippen LogP contribution in [0, 0.1) is 11.2 Å². The molecule has 2 aliphatic rings.